The molecule has 1 aromatic heterocycles. The van der Waals surface area contributed by atoms with Gasteiger partial charge in [0.2, 0.25) is 5.91 Å². The quantitative estimate of drug-likeness (QED) is 0.274. The Hall–Kier alpha value is -2.14. The fourth-order valence-electron chi connectivity index (χ4n) is 5.59. The number of rotatable bonds is 9. The van der Waals surface area contributed by atoms with Gasteiger partial charge in [0, 0.05) is 60.8 Å². The molecule has 0 spiro atoms. The minimum absolute atomic E-state index is 0.0242. The zero-order chi connectivity index (χ0) is 25.6. The third-order valence-corrected chi connectivity index (χ3v) is 8.84. The van der Waals surface area contributed by atoms with Crippen molar-refractivity contribution in [3.8, 4) is 0 Å². The molecule has 1 aromatic carbocycles. The number of aromatic nitrogens is 1. The second-order valence-corrected chi connectivity index (χ2v) is 11.8. The first-order chi connectivity index (χ1) is 18.0. The number of nitrogens with zero attached hydrogens (tertiary/aromatic N) is 3. The van der Waals surface area contributed by atoms with Gasteiger partial charge in [-0.3, -0.25) is 9.69 Å². The number of thiazole rings is 1. The van der Waals surface area contributed by atoms with Gasteiger partial charge in [0.25, 0.3) is 0 Å². The molecule has 1 saturated carbocycles. The summed E-state index contributed by atoms with van der Waals surface area (Å²) in [6, 6.07) is 8.48. The third-order valence-electron chi connectivity index (χ3n) is 7.54. The van der Waals surface area contributed by atoms with Crippen LogP contribution in [-0.4, -0.2) is 72.4 Å². The smallest absolute Gasteiger partial charge is 0.226 e. The monoisotopic (exact) mass is 561 g/mol. The molecule has 1 aliphatic carbocycles. The first kappa shape index (κ1) is 26.5. The molecule has 3 heterocycles. The number of carbonyl (C=O) groups is 1. The summed E-state index contributed by atoms with van der Waals surface area (Å²) in [5.74, 6) is 0.507. The Morgan fingerprint density at radius 2 is 2.03 bits per heavy atom. The maximum absolute atomic E-state index is 12.5. The summed E-state index contributed by atoms with van der Waals surface area (Å²) >= 11 is 13.1. The van der Waals surface area contributed by atoms with Crippen LogP contribution in [0.5, 0.6) is 0 Å². The lowest BCUT2D eigenvalue weighted by atomic mass is 9.81. The van der Waals surface area contributed by atoms with E-state index in [-0.39, 0.29) is 12.1 Å². The number of thiocarbonyl (C=S) groups is 1. The number of carbonyl (C=O) groups excluding carboxylic acids is 1. The molecule has 0 bridgehead atoms. The molecule has 1 amide bonds. The average molecular weight is 562 g/mol. The Labute approximate surface area is 233 Å². The van der Waals surface area contributed by atoms with Crippen LogP contribution in [0.1, 0.15) is 37.8 Å². The van der Waals surface area contributed by atoms with Crippen LogP contribution in [0, 0.1) is 5.92 Å². The molecule has 8 nitrogen and oxygen atoms in total. The average Bonchev–Trinajstić information content (AvgIpc) is 3.33. The molecule has 3 aliphatic rings. The summed E-state index contributed by atoms with van der Waals surface area (Å²) in [7, 11) is 0. The summed E-state index contributed by atoms with van der Waals surface area (Å²) < 4.78 is 0. The summed E-state index contributed by atoms with van der Waals surface area (Å²) in [4.78, 5) is 22.0. The van der Waals surface area contributed by atoms with E-state index in [0.29, 0.717) is 30.0 Å². The summed E-state index contributed by atoms with van der Waals surface area (Å²) in [6.45, 7) is 5.70. The fraction of sp³-hybridized carbons (Fsp3) is 0.577. The summed E-state index contributed by atoms with van der Waals surface area (Å²) in [6.07, 6.45) is 6.16. The molecule has 4 N–H and O–H groups in total. The van der Waals surface area contributed by atoms with Crippen molar-refractivity contribution in [3.63, 3.8) is 0 Å². The van der Waals surface area contributed by atoms with Crippen molar-refractivity contribution in [3.05, 3.63) is 40.4 Å². The molecular formula is C26H36ClN7OS2. The number of fused-ring (bicyclic) bond motifs is 1. The van der Waals surface area contributed by atoms with Crippen molar-refractivity contribution in [1.82, 2.24) is 25.8 Å². The van der Waals surface area contributed by atoms with E-state index in [1.54, 1.807) is 11.3 Å². The van der Waals surface area contributed by atoms with Crippen LogP contribution in [0.3, 0.4) is 0 Å². The van der Waals surface area contributed by atoms with Crippen molar-refractivity contribution in [2.24, 2.45) is 5.92 Å². The van der Waals surface area contributed by atoms with Gasteiger partial charge in [0.05, 0.1) is 12.1 Å². The maximum Gasteiger partial charge on any atom is 0.226 e. The number of halogens is 1. The second-order valence-electron chi connectivity index (χ2n) is 10.1. The molecular weight excluding hydrogens is 526 g/mol. The third kappa shape index (κ3) is 7.25. The van der Waals surface area contributed by atoms with E-state index in [4.69, 9.17) is 23.8 Å². The number of benzene rings is 1. The number of hydrogen-bond acceptors (Lipinski definition) is 7. The maximum atomic E-state index is 12.5. The van der Waals surface area contributed by atoms with E-state index in [0.717, 1.165) is 61.4 Å². The zero-order valence-electron chi connectivity index (χ0n) is 21.0. The summed E-state index contributed by atoms with van der Waals surface area (Å²) in [5.41, 5.74) is 1.99. The topological polar surface area (TPSA) is 84.6 Å². The Morgan fingerprint density at radius 1 is 1.19 bits per heavy atom. The standard InChI is InChI=1S/C26H36ClN7OS2/c27-18-5-3-6-20(15-18)34-13-11-33(12-14-34)10-4-9-28-23(35)16-19-17-37-26(29-19)32-24-21-7-1-2-8-22(21)30-25(36)31-24/h3,5-6,15,17,21-22,24H,1-2,4,7-14,16H2,(H,28,35)(H,29,32)(H2,30,31,36). The van der Waals surface area contributed by atoms with Crippen LogP contribution in [0.2, 0.25) is 5.02 Å². The van der Waals surface area contributed by atoms with E-state index in [1.807, 2.05) is 23.6 Å². The van der Waals surface area contributed by atoms with Crippen LogP contribution in [0.15, 0.2) is 29.6 Å². The van der Waals surface area contributed by atoms with E-state index in [1.165, 1.54) is 24.9 Å². The lowest BCUT2D eigenvalue weighted by Crippen LogP contribution is -2.63. The molecule has 0 radical (unpaired) electrons. The Kier molecular flexibility index (Phi) is 9.02. The van der Waals surface area contributed by atoms with Crippen LogP contribution < -0.4 is 26.2 Å². The number of hydrogen-bond donors (Lipinski definition) is 4. The molecule has 37 heavy (non-hydrogen) atoms. The molecule has 2 aliphatic heterocycles. The van der Waals surface area contributed by atoms with Gasteiger partial charge < -0.3 is 26.2 Å². The number of amides is 1. The SMILES string of the molecule is O=C(Cc1csc(NC2NC(=S)NC3CCCCC32)n1)NCCCN1CCN(c2cccc(Cl)c2)CC1. The predicted molar refractivity (Wildman–Crippen MR) is 156 cm³/mol. The van der Waals surface area contributed by atoms with Gasteiger partial charge in [-0.05, 0) is 56.2 Å². The van der Waals surface area contributed by atoms with Crippen molar-refractivity contribution in [2.45, 2.75) is 50.7 Å². The van der Waals surface area contributed by atoms with E-state index >= 15 is 0 Å². The molecule has 3 fully saturated rings. The molecule has 3 unspecified atom stereocenters. The molecule has 11 heteroatoms. The predicted octanol–water partition coefficient (Wildman–Crippen LogP) is 3.44. The fourth-order valence-corrected chi connectivity index (χ4v) is 6.80. The van der Waals surface area contributed by atoms with Crippen molar-refractivity contribution < 1.29 is 4.79 Å². The van der Waals surface area contributed by atoms with Gasteiger partial charge in [-0.15, -0.1) is 11.3 Å². The first-order valence-electron chi connectivity index (χ1n) is 13.3. The van der Waals surface area contributed by atoms with Crippen LogP contribution >= 0.6 is 35.2 Å². The molecule has 5 rings (SSSR count). The van der Waals surface area contributed by atoms with E-state index in [9.17, 15) is 4.79 Å². The second kappa shape index (κ2) is 12.6. The zero-order valence-corrected chi connectivity index (χ0v) is 23.4. The normalized spacial score (nSPS) is 24.1. The van der Waals surface area contributed by atoms with Gasteiger partial charge in [-0.25, -0.2) is 4.98 Å². The van der Waals surface area contributed by atoms with Crippen molar-refractivity contribution >= 4 is 57.0 Å². The minimum atomic E-state index is 0.0242. The highest BCUT2D eigenvalue weighted by Gasteiger charge is 2.36. The Bertz CT molecular complexity index is 1070. The van der Waals surface area contributed by atoms with Crippen LogP contribution in [0.25, 0.3) is 0 Å². The number of nitrogens with one attached hydrogen (secondary N) is 4. The van der Waals surface area contributed by atoms with Crippen molar-refractivity contribution in [1.29, 1.82) is 0 Å². The lowest BCUT2D eigenvalue weighted by Gasteiger charge is -2.43. The molecule has 3 atom stereocenters. The van der Waals surface area contributed by atoms with E-state index in [2.05, 4.69) is 42.1 Å². The summed E-state index contributed by atoms with van der Waals surface area (Å²) in [5, 5.41) is 17.7. The highest BCUT2D eigenvalue weighted by molar-refractivity contribution is 7.80. The van der Waals surface area contributed by atoms with Gasteiger partial charge in [0.1, 0.15) is 6.17 Å². The highest BCUT2D eigenvalue weighted by atomic mass is 35.5. The molecule has 200 valence electrons. The van der Waals surface area contributed by atoms with Gasteiger partial charge in [-0.1, -0.05) is 30.5 Å². The van der Waals surface area contributed by atoms with E-state index < -0.39 is 0 Å². The molecule has 2 aromatic rings. The van der Waals surface area contributed by atoms with Crippen LogP contribution in [-0.2, 0) is 11.2 Å². The van der Waals surface area contributed by atoms with Gasteiger partial charge in [-0.2, -0.15) is 0 Å². The Morgan fingerprint density at radius 3 is 2.86 bits per heavy atom. The number of anilines is 2. The van der Waals surface area contributed by atoms with Gasteiger partial charge >= 0.3 is 0 Å². The lowest BCUT2D eigenvalue weighted by molar-refractivity contribution is -0.120. The number of piperazine rings is 1. The minimum Gasteiger partial charge on any atom is -0.369 e. The highest BCUT2D eigenvalue weighted by Crippen LogP contribution is 2.30. The first-order valence-corrected chi connectivity index (χ1v) is 15.0. The van der Waals surface area contributed by atoms with Crippen molar-refractivity contribution in [2.75, 3.05) is 49.5 Å². The largest absolute Gasteiger partial charge is 0.369 e. The van der Waals surface area contributed by atoms with Crippen LogP contribution in [0.4, 0.5) is 10.8 Å². The van der Waals surface area contributed by atoms with Gasteiger partial charge in [0.15, 0.2) is 10.2 Å². The molecule has 2 saturated heterocycles. The Balaban J connectivity index is 0.992.